The van der Waals surface area contributed by atoms with Gasteiger partial charge in [-0.1, -0.05) is 12.2 Å². The van der Waals surface area contributed by atoms with Gasteiger partial charge in [0.1, 0.15) is 0 Å². The molecule has 0 aromatic rings. The van der Waals surface area contributed by atoms with Crippen LogP contribution >= 0.6 is 0 Å². The molecule has 2 atom stereocenters. The predicted octanol–water partition coefficient (Wildman–Crippen LogP) is 1.52. The summed E-state index contributed by atoms with van der Waals surface area (Å²) in [6.07, 6.45) is 8.65. The first-order valence-electron chi connectivity index (χ1n) is 9.35. The van der Waals surface area contributed by atoms with Crippen molar-refractivity contribution >= 4 is 6.03 Å². The minimum atomic E-state index is -0.0478. The van der Waals surface area contributed by atoms with Crippen molar-refractivity contribution in [1.82, 2.24) is 15.5 Å². The molecule has 1 saturated heterocycles. The van der Waals surface area contributed by atoms with Crippen LogP contribution in [-0.4, -0.2) is 69.1 Å². The van der Waals surface area contributed by atoms with Gasteiger partial charge in [0.15, 0.2) is 0 Å². The lowest BCUT2D eigenvalue weighted by atomic mass is 9.57. The lowest BCUT2D eigenvalue weighted by Crippen LogP contribution is -2.67. The summed E-state index contributed by atoms with van der Waals surface area (Å²) in [6.45, 7) is 7.98. The van der Waals surface area contributed by atoms with E-state index in [1.54, 1.807) is 0 Å². The minimum Gasteiger partial charge on any atom is -0.381 e. The van der Waals surface area contributed by atoms with E-state index in [4.69, 9.17) is 9.47 Å². The summed E-state index contributed by atoms with van der Waals surface area (Å²) >= 11 is 0. The third-order valence-corrected chi connectivity index (χ3v) is 5.74. The molecule has 0 radical (unpaired) electrons. The maximum Gasteiger partial charge on any atom is 0.315 e. The summed E-state index contributed by atoms with van der Waals surface area (Å²) in [5.41, 5.74) is 0.0727. The van der Waals surface area contributed by atoms with Crippen molar-refractivity contribution in [3.63, 3.8) is 0 Å². The lowest BCUT2D eigenvalue weighted by Gasteiger charge is -2.57. The number of ether oxygens (including phenoxy) is 2. The van der Waals surface area contributed by atoms with E-state index in [-0.39, 0.29) is 23.6 Å². The monoisotopic (exact) mass is 337 g/mol. The van der Waals surface area contributed by atoms with Gasteiger partial charge in [-0.2, -0.15) is 0 Å². The number of carbonyl (C=O) groups is 1. The molecular formula is C18H31N3O3. The number of urea groups is 1. The molecule has 1 spiro atoms. The molecule has 6 nitrogen and oxygen atoms in total. The highest BCUT2D eigenvalue weighted by Gasteiger charge is 2.56. The molecule has 2 heterocycles. The van der Waals surface area contributed by atoms with E-state index in [1.165, 1.54) is 0 Å². The van der Waals surface area contributed by atoms with Crippen LogP contribution in [0.15, 0.2) is 12.2 Å². The second-order valence-electron chi connectivity index (χ2n) is 7.04. The Balaban J connectivity index is 1.42. The zero-order valence-corrected chi connectivity index (χ0v) is 14.8. The average molecular weight is 337 g/mol. The Morgan fingerprint density at radius 1 is 1.38 bits per heavy atom. The smallest absolute Gasteiger partial charge is 0.315 e. The summed E-state index contributed by atoms with van der Waals surface area (Å²) in [5, 5.41) is 6.19. The fourth-order valence-corrected chi connectivity index (χ4v) is 4.24. The topological polar surface area (TPSA) is 62.8 Å². The number of nitrogens with one attached hydrogen (secondary N) is 2. The minimum absolute atomic E-state index is 0.0478. The van der Waals surface area contributed by atoms with E-state index in [1.807, 2.05) is 6.92 Å². The quantitative estimate of drug-likeness (QED) is 0.722. The largest absolute Gasteiger partial charge is 0.381 e. The van der Waals surface area contributed by atoms with E-state index >= 15 is 0 Å². The zero-order chi connectivity index (χ0) is 16.8. The standard InChI is InChI=1S/C18H31N3O3/c1-2-24-16-14-15(18(16)6-12-23-13-7-18)20-17(22)19-8-11-21-9-4-3-5-10-21/h3-4,15-16H,2,5-14H2,1H3,(H2,19,20,22)/t15-,16+/m0/s1. The van der Waals surface area contributed by atoms with Crippen molar-refractivity contribution in [3.05, 3.63) is 12.2 Å². The highest BCUT2D eigenvalue weighted by molar-refractivity contribution is 5.74. The Morgan fingerprint density at radius 2 is 2.21 bits per heavy atom. The maximum absolute atomic E-state index is 12.3. The first-order chi connectivity index (χ1) is 11.7. The van der Waals surface area contributed by atoms with Crippen LogP contribution in [0, 0.1) is 5.41 Å². The second-order valence-corrected chi connectivity index (χ2v) is 7.04. The van der Waals surface area contributed by atoms with Crippen LogP contribution in [0.25, 0.3) is 0 Å². The van der Waals surface area contributed by atoms with Gasteiger partial charge in [0, 0.05) is 57.5 Å². The van der Waals surface area contributed by atoms with E-state index in [0.717, 1.165) is 65.1 Å². The lowest BCUT2D eigenvalue weighted by molar-refractivity contribution is -0.169. The molecule has 3 rings (SSSR count). The Labute approximate surface area is 144 Å². The molecule has 0 aromatic heterocycles. The van der Waals surface area contributed by atoms with E-state index in [0.29, 0.717) is 6.54 Å². The van der Waals surface area contributed by atoms with Gasteiger partial charge < -0.3 is 20.1 Å². The van der Waals surface area contributed by atoms with Crippen LogP contribution in [0.4, 0.5) is 4.79 Å². The van der Waals surface area contributed by atoms with Gasteiger partial charge in [0.2, 0.25) is 0 Å². The van der Waals surface area contributed by atoms with E-state index in [9.17, 15) is 4.79 Å². The number of hydrogen-bond acceptors (Lipinski definition) is 4. The van der Waals surface area contributed by atoms with Gasteiger partial charge in [-0.3, -0.25) is 4.90 Å². The van der Waals surface area contributed by atoms with Crippen LogP contribution in [-0.2, 0) is 9.47 Å². The third kappa shape index (κ3) is 3.92. The highest BCUT2D eigenvalue weighted by Crippen LogP contribution is 2.50. The first-order valence-corrected chi connectivity index (χ1v) is 9.35. The molecule has 1 aliphatic carbocycles. The summed E-state index contributed by atoms with van der Waals surface area (Å²) in [5.74, 6) is 0. The molecule has 6 heteroatoms. The molecule has 2 N–H and O–H groups in total. The normalized spacial score (nSPS) is 29.2. The molecule has 0 aromatic carbocycles. The Morgan fingerprint density at radius 3 is 2.92 bits per heavy atom. The molecule has 3 aliphatic rings. The van der Waals surface area contributed by atoms with Crippen LogP contribution in [0.3, 0.4) is 0 Å². The number of rotatable bonds is 6. The molecule has 24 heavy (non-hydrogen) atoms. The van der Waals surface area contributed by atoms with Crippen LogP contribution in [0.2, 0.25) is 0 Å². The van der Waals surface area contributed by atoms with Crippen molar-refractivity contribution in [2.24, 2.45) is 5.41 Å². The van der Waals surface area contributed by atoms with Gasteiger partial charge in [0.05, 0.1) is 6.10 Å². The molecule has 0 bridgehead atoms. The van der Waals surface area contributed by atoms with E-state index in [2.05, 4.69) is 27.7 Å². The Bertz CT molecular complexity index is 449. The Kier molecular flexibility index (Phi) is 6.14. The van der Waals surface area contributed by atoms with Crippen molar-refractivity contribution in [3.8, 4) is 0 Å². The van der Waals surface area contributed by atoms with Crippen molar-refractivity contribution < 1.29 is 14.3 Å². The molecule has 2 aliphatic heterocycles. The van der Waals surface area contributed by atoms with Gasteiger partial charge >= 0.3 is 6.03 Å². The van der Waals surface area contributed by atoms with Gasteiger partial charge in [0.25, 0.3) is 0 Å². The third-order valence-electron chi connectivity index (χ3n) is 5.74. The summed E-state index contributed by atoms with van der Waals surface area (Å²) in [7, 11) is 0. The number of carbonyl (C=O) groups excluding carboxylic acids is 1. The fourth-order valence-electron chi connectivity index (χ4n) is 4.24. The zero-order valence-electron chi connectivity index (χ0n) is 14.8. The predicted molar refractivity (Wildman–Crippen MR) is 93.0 cm³/mol. The summed E-state index contributed by atoms with van der Waals surface area (Å²) in [4.78, 5) is 14.6. The van der Waals surface area contributed by atoms with Gasteiger partial charge in [-0.15, -0.1) is 0 Å². The Hall–Kier alpha value is -1.11. The van der Waals surface area contributed by atoms with Crippen LogP contribution in [0.5, 0.6) is 0 Å². The average Bonchev–Trinajstić information content (AvgIpc) is 2.62. The van der Waals surface area contributed by atoms with Crippen LogP contribution < -0.4 is 10.6 Å². The van der Waals surface area contributed by atoms with Crippen molar-refractivity contribution in [2.75, 3.05) is 46.0 Å². The van der Waals surface area contributed by atoms with Crippen molar-refractivity contribution in [1.29, 1.82) is 0 Å². The van der Waals surface area contributed by atoms with E-state index < -0.39 is 0 Å². The number of nitrogens with zero attached hydrogens (tertiary/aromatic N) is 1. The van der Waals surface area contributed by atoms with Crippen LogP contribution in [0.1, 0.15) is 32.6 Å². The second kappa shape index (κ2) is 8.32. The highest BCUT2D eigenvalue weighted by atomic mass is 16.5. The summed E-state index contributed by atoms with van der Waals surface area (Å²) in [6, 6.07) is 0.157. The maximum atomic E-state index is 12.3. The van der Waals surface area contributed by atoms with Gasteiger partial charge in [-0.05, 0) is 32.6 Å². The fraction of sp³-hybridized carbons (Fsp3) is 0.833. The number of amides is 2. The van der Waals surface area contributed by atoms with Crippen molar-refractivity contribution in [2.45, 2.75) is 44.8 Å². The number of hydrogen-bond donors (Lipinski definition) is 2. The molecular weight excluding hydrogens is 306 g/mol. The first kappa shape index (κ1) is 17.7. The molecule has 2 amide bonds. The summed E-state index contributed by atoms with van der Waals surface area (Å²) < 4.78 is 11.4. The SMILES string of the molecule is CCO[C@@H]1C[C@H](NC(=O)NCCN2CC=CCC2)C12CCOCC2. The molecule has 136 valence electrons. The molecule has 0 unspecified atom stereocenters. The molecule has 2 fully saturated rings. The molecule has 1 saturated carbocycles. The van der Waals surface area contributed by atoms with Gasteiger partial charge in [-0.25, -0.2) is 4.79 Å².